The first-order chi connectivity index (χ1) is 14.4. The number of methoxy groups -OCH3 is 1. The van der Waals surface area contributed by atoms with Crippen LogP contribution < -0.4 is 15.4 Å². The molecule has 2 rings (SSSR count). The Hall–Kier alpha value is -1.69. The molecule has 1 unspecified atom stereocenters. The summed E-state index contributed by atoms with van der Waals surface area (Å²) in [5, 5.41) is 6.56. The molecule has 2 aromatic carbocycles. The summed E-state index contributed by atoms with van der Waals surface area (Å²) in [5.74, 6) is 0.997. The number of aliphatic imine (C=N–C) groups is 1. The number of hydrogen-bond acceptors (Lipinski definition) is 4. The molecule has 0 heterocycles. The third kappa shape index (κ3) is 9.14. The van der Waals surface area contributed by atoms with Crippen molar-refractivity contribution in [1.29, 1.82) is 0 Å². The van der Waals surface area contributed by atoms with Gasteiger partial charge in [0, 0.05) is 33.8 Å². The molecule has 0 spiro atoms. The van der Waals surface area contributed by atoms with Crippen LogP contribution in [0.5, 0.6) is 0 Å². The molecule has 3 N–H and O–H groups in total. The van der Waals surface area contributed by atoms with Gasteiger partial charge in [0.05, 0.1) is 11.5 Å². The smallest absolute Gasteiger partial charge is 0.240 e. The topological polar surface area (TPSA) is 91.8 Å². The van der Waals surface area contributed by atoms with Crippen LogP contribution in [0.1, 0.15) is 29.5 Å². The molecule has 9 heteroatoms. The zero-order chi connectivity index (χ0) is 22.0. The molecule has 0 aliphatic heterocycles. The first-order valence-electron chi connectivity index (χ1n) is 9.94. The lowest BCUT2D eigenvalue weighted by Gasteiger charge is -2.17. The average molecular weight is 561 g/mol. The van der Waals surface area contributed by atoms with Crippen molar-refractivity contribution < 1.29 is 13.2 Å². The molecule has 2 aromatic rings. The Morgan fingerprint density at radius 3 is 2.48 bits per heavy atom. The Labute approximate surface area is 203 Å². The molecule has 0 saturated heterocycles. The molecule has 7 nitrogen and oxygen atoms in total. The number of nitrogens with one attached hydrogen (secondary N) is 3. The third-order valence-corrected chi connectivity index (χ3v) is 6.17. The van der Waals surface area contributed by atoms with Crippen molar-refractivity contribution in [2.75, 3.05) is 33.9 Å². The second kappa shape index (κ2) is 13.7. The van der Waals surface area contributed by atoms with E-state index in [-0.39, 0.29) is 35.4 Å². The summed E-state index contributed by atoms with van der Waals surface area (Å²) >= 11 is 0. The summed E-state index contributed by atoms with van der Waals surface area (Å²) in [7, 11) is -0.312. The molecule has 172 valence electrons. The van der Waals surface area contributed by atoms with Crippen LogP contribution in [-0.2, 0) is 21.3 Å². The molecule has 0 aliphatic rings. The Morgan fingerprint density at radius 2 is 1.84 bits per heavy atom. The van der Waals surface area contributed by atoms with Gasteiger partial charge in [0.2, 0.25) is 10.0 Å². The van der Waals surface area contributed by atoms with Gasteiger partial charge in [-0.05, 0) is 36.1 Å². The van der Waals surface area contributed by atoms with E-state index in [0.29, 0.717) is 25.0 Å². The Bertz CT molecular complexity index is 934. The fraction of sp³-hybridized carbons (Fsp3) is 0.409. The number of benzene rings is 2. The zero-order valence-corrected chi connectivity index (χ0v) is 21.7. The van der Waals surface area contributed by atoms with Crippen LogP contribution in [0.4, 0.5) is 0 Å². The largest absolute Gasteiger partial charge is 0.383 e. The van der Waals surface area contributed by atoms with Gasteiger partial charge in [0.25, 0.3) is 0 Å². The van der Waals surface area contributed by atoms with Gasteiger partial charge in [-0.15, -0.1) is 24.0 Å². The van der Waals surface area contributed by atoms with Crippen molar-refractivity contribution in [3.05, 3.63) is 65.2 Å². The molecule has 0 radical (unpaired) electrons. The summed E-state index contributed by atoms with van der Waals surface area (Å²) in [6.45, 7) is 5.99. The van der Waals surface area contributed by atoms with E-state index in [2.05, 4.69) is 58.5 Å². The van der Waals surface area contributed by atoms with E-state index in [1.54, 1.807) is 25.2 Å². The highest BCUT2D eigenvalue weighted by atomic mass is 127. The normalized spacial score (nSPS) is 12.7. The van der Waals surface area contributed by atoms with Crippen LogP contribution in [0, 0.1) is 6.92 Å². The van der Waals surface area contributed by atoms with Gasteiger partial charge in [-0.2, -0.15) is 0 Å². The third-order valence-electron chi connectivity index (χ3n) is 4.71. The number of rotatable bonds is 10. The van der Waals surface area contributed by atoms with Gasteiger partial charge < -0.3 is 15.4 Å². The zero-order valence-electron chi connectivity index (χ0n) is 18.5. The van der Waals surface area contributed by atoms with Gasteiger partial charge in [-0.25, -0.2) is 13.1 Å². The standard InChI is InChI=1S/C22H32N4O3S.HI/c1-17-8-10-20(11-9-17)18(2)15-24-22(23-3)25-16-19-6-5-7-21(14-19)30(27,28)26-12-13-29-4;/h5-11,14,18,26H,12-13,15-16H2,1-4H3,(H2,23,24,25);1H. The van der Waals surface area contributed by atoms with E-state index in [0.717, 1.165) is 12.1 Å². The van der Waals surface area contributed by atoms with E-state index < -0.39 is 10.0 Å². The molecule has 31 heavy (non-hydrogen) atoms. The van der Waals surface area contributed by atoms with E-state index >= 15 is 0 Å². The molecule has 0 saturated carbocycles. The van der Waals surface area contributed by atoms with Gasteiger partial charge >= 0.3 is 0 Å². The number of sulfonamides is 1. The monoisotopic (exact) mass is 560 g/mol. The van der Waals surface area contributed by atoms with Crippen molar-refractivity contribution in [1.82, 2.24) is 15.4 Å². The lowest BCUT2D eigenvalue weighted by atomic mass is 10.0. The molecule has 0 bridgehead atoms. The molecule has 1 atom stereocenters. The van der Waals surface area contributed by atoms with Crippen LogP contribution in [0.3, 0.4) is 0 Å². The molecule has 0 aromatic heterocycles. The summed E-state index contributed by atoms with van der Waals surface area (Å²) < 4.78 is 32.1. The Morgan fingerprint density at radius 1 is 1.13 bits per heavy atom. The highest BCUT2D eigenvalue weighted by molar-refractivity contribution is 14.0. The maximum absolute atomic E-state index is 12.4. The maximum atomic E-state index is 12.4. The van der Waals surface area contributed by atoms with Crippen LogP contribution in [0.15, 0.2) is 58.4 Å². The van der Waals surface area contributed by atoms with E-state index in [4.69, 9.17) is 4.74 Å². The van der Waals surface area contributed by atoms with E-state index in [9.17, 15) is 8.42 Å². The fourth-order valence-electron chi connectivity index (χ4n) is 2.85. The minimum atomic E-state index is -3.56. The molecule has 0 amide bonds. The summed E-state index contributed by atoms with van der Waals surface area (Å²) in [6, 6.07) is 15.4. The summed E-state index contributed by atoms with van der Waals surface area (Å²) in [4.78, 5) is 4.48. The SMILES string of the molecule is CN=C(NCc1cccc(S(=O)(=O)NCCOC)c1)NCC(C)c1ccc(C)cc1.I. The van der Waals surface area contributed by atoms with Gasteiger partial charge in [0.15, 0.2) is 5.96 Å². The van der Waals surface area contributed by atoms with Crippen molar-refractivity contribution >= 4 is 40.0 Å². The first kappa shape index (κ1) is 27.3. The van der Waals surface area contributed by atoms with Crippen molar-refractivity contribution in [2.24, 2.45) is 4.99 Å². The average Bonchev–Trinajstić information content (AvgIpc) is 2.74. The molecule has 0 aliphatic carbocycles. The Balaban J connectivity index is 0.00000480. The summed E-state index contributed by atoms with van der Waals surface area (Å²) in [6.07, 6.45) is 0. The van der Waals surface area contributed by atoms with E-state index in [1.807, 2.05) is 6.07 Å². The number of guanidine groups is 1. The lowest BCUT2D eigenvalue weighted by Crippen LogP contribution is -2.38. The fourth-order valence-corrected chi connectivity index (χ4v) is 3.94. The maximum Gasteiger partial charge on any atom is 0.240 e. The van der Waals surface area contributed by atoms with Crippen LogP contribution in [0.25, 0.3) is 0 Å². The van der Waals surface area contributed by atoms with Crippen molar-refractivity contribution in [3.63, 3.8) is 0 Å². The number of hydrogen-bond donors (Lipinski definition) is 3. The van der Waals surface area contributed by atoms with Crippen molar-refractivity contribution in [3.8, 4) is 0 Å². The second-order valence-electron chi connectivity index (χ2n) is 7.16. The van der Waals surface area contributed by atoms with Crippen molar-refractivity contribution in [2.45, 2.75) is 31.2 Å². The predicted octanol–water partition coefficient (Wildman–Crippen LogP) is 3.01. The minimum Gasteiger partial charge on any atom is -0.383 e. The van der Waals surface area contributed by atoms with Gasteiger partial charge in [-0.1, -0.05) is 48.9 Å². The highest BCUT2D eigenvalue weighted by Crippen LogP contribution is 2.15. The number of aryl methyl sites for hydroxylation is 1. The minimum absolute atomic E-state index is 0. The number of ether oxygens (including phenoxy) is 1. The van der Waals surface area contributed by atoms with E-state index in [1.165, 1.54) is 18.2 Å². The Kier molecular flexibility index (Phi) is 12.1. The quantitative estimate of drug-likeness (QED) is 0.180. The molecule has 0 fully saturated rings. The predicted molar refractivity (Wildman–Crippen MR) is 137 cm³/mol. The number of halogens is 1. The van der Waals surface area contributed by atoms with Gasteiger partial charge in [0.1, 0.15) is 0 Å². The van der Waals surface area contributed by atoms with Crippen LogP contribution in [-0.4, -0.2) is 48.2 Å². The molecular formula is C22H33IN4O3S. The van der Waals surface area contributed by atoms with Crippen LogP contribution >= 0.6 is 24.0 Å². The highest BCUT2D eigenvalue weighted by Gasteiger charge is 2.14. The lowest BCUT2D eigenvalue weighted by molar-refractivity contribution is 0.204. The van der Waals surface area contributed by atoms with Gasteiger partial charge in [-0.3, -0.25) is 4.99 Å². The second-order valence-corrected chi connectivity index (χ2v) is 8.92. The number of nitrogens with zero attached hydrogens (tertiary/aromatic N) is 1. The molecular weight excluding hydrogens is 527 g/mol. The first-order valence-corrected chi connectivity index (χ1v) is 11.4. The summed E-state index contributed by atoms with van der Waals surface area (Å²) in [5.41, 5.74) is 3.36. The van der Waals surface area contributed by atoms with Crippen LogP contribution in [0.2, 0.25) is 0 Å².